The largest absolute Gasteiger partial charge is 0.480 e. The summed E-state index contributed by atoms with van der Waals surface area (Å²) in [5, 5.41) is 11.6. The van der Waals surface area contributed by atoms with E-state index in [0.29, 0.717) is 5.69 Å². The highest BCUT2D eigenvalue weighted by Gasteiger charge is 2.37. The van der Waals surface area contributed by atoms with Gasteiger partial charge in [-0.3, -0.25) is 19.3 Å². The van der Waals surface area contributed by atoms with Gasteiger partial charge in [-0.2, -0.15) is 0 Å². The van der Waals surface area contributed by atoms with Gasteiger partial charge in [0.2, 0.25) is 0 Å². The van der Waals surface area contributed by atoms with Crippen molar-refractivity contribution < 1.29 is 18.5 Å². The molecule has 7 heteroatoms. The lowest BCUT2D eigenvalue weighted by atomic mass is 10.1. The highest BCUT2D eigenvalue weighted by Crippen LogP contribution is 2.24. The van der Waals surface area contributed by atoms with Crippen LogP contribution in [-0.2, 0) is 15.6 Å². The molecule has 4 atom stereocenters. The molecule has 2 N–H and O–H groups in total. The third kappa shape index (κ3) is 2.56. The number of rotatable bonds is 2. The summed E-state index contributed by atoms with van der Waals surface area (Å²) < 4.78 is 24.7. The molecule has 5 nitrogen and oxygen atoms in total. The molecule has 0 aliphatic carbocycles. The first-order valence-corrected chi connectivity index (χ1v) is 6.84. The molecule has 0 bridgehead atoms. The van der Waals surface area contributed by atoms with Crippen LogP contribution in [0.1, 0.15) is 18.7 Å². The molecule has 1 fully saturated rings. The second-order valence-electron chi connectivity index (χ2n) is 4.19. The molecule has 2 rings (SSSR count). The Labute approximate surface area is 106 Å². The first-order valence-electron chi connectivity index (χ1n) is 5.46. The summed E-state index contributed by atoms with van der Waals surface area (Å²) in [6.07, 6.45) is 1.07. The second-order valence-corrected chi connectivity index (χ2v) is 6.03. The van der Waals surface area contributed by atoms with Gasteiger partial charge in [0.1, 0.15) is 11.9 Å². The molecule has 1 aromatic heterocycles. The molecule has 0 radical (unpaired) electrons. The van der Waals surface area contributed by atoms with Crippen LogP contribution in [0.4, 0.5) is 4.39 Å². The quantitative estimate of drug-likeness (QED) is 0.817. The number of nitrogens with one attached hydrogen (secondary N) is 1. The molecule has 18 heavy (non-hydrogen) atoms. The number of hydrogen-bond acceptors (Lipinski definition) is 4. The predicted octanol–water partition coefficient (Wildman–Crippen LogP) is 0.455. The van der Waals surface area contributed by atoms with E-state index in [1.807, 2.05) is 0 Å². The van der Waals surface area contributed by atoms with Gasteiger partial charge in [-0.15, -0.1) is 0 Å². The lowest BCUT2D eigenvalue weighted by Gasteiger charge is -2.32. The summed E-state index contributed by atoms with van der Waals surface area (Å²) in [5.41, 5.74) is 0.503. The Balaban J connectivity index is 2.26. The van der Waals surface area contributed by atoms with Gasteiger partial charge in [0.05, 0.1) is 23.2 Å². The Kier molecular flexibility index (Phi) is 3.72. The third-order valence-corrected chi connectivity index (χ3v) is 4.73. The predicted molar refractivity (Wildman–Crippen MR) is 64.0 cm³/mol. The van der Waals surface area contributed by atoms with Crippen LogP contribution in [-0.4, -0.2) is 37.3 Å². The van der Waals surface area contributed by atoms with Crippen LogP contribution in [0.15, 0.2) is 18.3 Å². The van der Waals surface area contributed by atoms with Gasteiger partial charge in [0.25, 0.3) is 0 Å². The SMILES string of the molecule is CC1C(c2ccc(F)cn2)NC(C(=O)O)CS1=O. The Morgan fingerprint density at radius 1 is 1.61 bits per heavy atom. The minimum absolute atomic E-state index is 0.0776. The lowest BCUT2D eigenvalue weighted by molar-refractivity contribution is -0.139. The Morgan fingerprint density at radius 3 is 2.89 bits per heavy atom. The maximum absolute atomic E-state index is 12.8. The molecular formula is C11H13FN2O3S. The maximum atomic E-state index is 12.8. The number of aliphatic carboxylic acids is 1. The summed E-state index contributed by atoms with van der Waals surface area (Å²) in [7, 11) is -1.25. The average Bonchev–Trinajstić information content (AvgIpc) is 2.33. The van der Waals surface area contributed by atoms with Crippen LogP contribution in [0.25, 0.3) is 0 Å². The van der Waals surface area contributed by atoms with E-state index in [2.05, 4.69) is 10.3 Å². The van der Waals surface area contributed by atoms with E-state index in [1.54, 1.807) is 6.92 Å². The van der Waals surface area contributed by atoms with E-state index in [9.17, 15) is 13.4 Å². The summed E-state index contributed by atoms with van der Waals surface area (Å²) in [5.74, 6) is -1.42. The number of pyridine rings is 1. The van der Waals surface area contributed by atoms with Crippen LogP contribution >= 0.6 is 0 Å². The number of aromatic nitrogens is 1. The molecule has 1 saturated heterocycles. The summed E-state index contributed by atoms with van der Waals surface area (Å²) >= 11 is 0. The highest BCUT2D eigenvalue weighted by atomic mass is 32.2. The fourth-order valence-corrected chi connectivity index (χ4v) is 3.30. The zero-order chi connectivity index (χ0) is 13.3. The van der Waals surface area contributed by atoms with E-state index in [1.165, 1.54) is 12.1 Å². The average molecular weight is 272 g/mol. The first-order chi connectivity index (χ1) is 8.49. The third-order valence-electron chi connectivity index (χ3n) is 2.96. The van der Waals surface area contributed by atoms with Gasteiger partial charge in [-0.05, 0) is 19.1 Å². The Hall–Kier alpha value is -1.34. The van der Waals surface area contributed by atoms with E-state index in [-0.39, 0.29) is 11.0 Å². The van der Waals surface area contributed by atoms with E-state index >= 15 is 0 Å². The normalized spacial score (nSPS) is 32.1. The number of carboxylic acids is 1. The van der Waals surface area contributed by atoms with Gasteiger partial charge in [0, 0.05) is 16.6 Å². The van der Waals surface area contributed by atoms with Crippen molar-refractivity contribution in [3.8, 4) is 0 Å². The van der Waals surface area contributed by atoms with Crippen molar-refractivity contribution >= 4 is 16.8 Å². The maximum Gasteiger partial charge on any atom is 0.321 e. The Morgan fingerprint density at radius 2 is 2.33 bits per heavy atom. The van der Waals surface area contributed by atoms with Crippen molar-refractivity contribution in [2.75, 3.05) is 5.75 Å². The molecule has 1 aromatic rings. The number of halogens is 1. The van der Waals surface area contributed by atoms with Crippen molar-refractivity contribution in [3.05, 3.63) is 29.8 Å². The van der Waals surface area contributed by atoms with Crippen LogP contribution < -0.4 is 5.32 Å². The van der Waals surface area contributed by atoms with Gasteiger partial charge in [-0.25, -0.2) is 4.39 Å². The molecule has 4 unspecified atom stereocenters. The number of carbonyl (C=O) groups is 1. The Bertz CT molecular complexity index is 480. The minimum atomic E-state index is -1.25. The molecule has 1 aliphatic heterocycles. The van der Waals surface area contributed by atoms with E-state index in [0.717, 1.165) is 6.20 Å². The van der Waals surface area contributed by atoms with Gasteiger partial charge in [0.15, 0.2) is 0 Å². The molecule has 0 aromatic carbocycles. The summed E-state index contributed by atoms with van der Waals surface area (Å²) in [4.78, 5) is 14.9. The molecule has 0 saturated carbocycles. The van der Waals surface area contributed by atoms with Crippen LogP contribution in [0.2, 0.25) is 0 Å². The highest BCUT2D eigenvalue weighted by molar-refractivity contribution is 7.85. The first kappa shape index (κ1) is 13.1. The molecule has 98 valence electrons. The summed E-state index contributed by atoms with van der Waals surface area (Å²) in [6.45, 7) is 1.76. The zero-order valence-corrected chi connectivity index (χ0v) is 10.5. The fraction of sp³-hybridized carbons (Fsp3) is 0.455. The molecular weight excluding hydrogens is 259 g/mol. The number of hydrogen-bond donors (Lipinski definition) is 2. The fourth-order valence-electron chi connectivity index (χ4n) is 1.91. The van der Waals surface area contributed by atoms with E-state index < -0.39 is 34.7 Å². The molecule has 1 aliphatic rings. The second kappa shape index (κ2) is 5.11. The van der Waals surface area contributed by atoms with E-state index in [4.69, 9.17) is 5.11 Å². The number of carboxylic acid groups (broad SMARTS) is 1. The van der Waals surface area contributed by atoms with Crippen LogP contribution in [0.3, 0.4) is 0 Å². The van der Waals surface area contributed by atoms with Crippen molar-refractivity contribution in [3.63, 3.8) is 0 Å². The standard InChI is InChI=1S/C11H13FN2O3S/c1-6-10(8-3-2-7(12)4-13-8)14-9(11(15)16)5-18(6)17/h2-4,6,9-10,14H,5H2,1H3,(H,15,16). The molecule has 2 heterocycles. The molecule has 0 spiro atoms. The van der Waals surface area contributed by atoms with Gasteiger partial charge >= 0.3 is 5.97 Å². The topological polar surface area (TPSA) is 79.3 Å². The lowest BCUT2D eigenvalue weighted by Crippen LogP contribution is -2.52. The van der Waals surface area contributed by atoms with Crippen molar-refractivity contribution in [1.29, 1.82) is 0 Å². The van der Waals surface area contributed by atoms with Crippen molar-refractivity contribution in [2.45, 2.75) is 24.3 Å². The molecule has 0 amide bonds. The van der Waals surface area contributed by atoms with Crippen molar-refractivity contribution in [2.24, 2.45) is 0 Å². The monoisotopic (exact) mass is 272 g/mol. The minimum Gasteiger partial charge on any atom is -0.480 e. The van der Waals surface area contributed by atoms with Gasteiger partial charge < -0.3 is 5.11 Å². The van der Waals surface area contributed by atoms with Crippen LogP contribution in [0.5, 0.6) is 0 Å². The van der Waals surface area contributed by atoms with Crippen LogP contribution in [0, 0.1) is 5.82 Å². The summed E-state index contributed by atoms with van der Waals surface area (Å²) in [6, 6.07) is 1.43. The van der Waals surface area contributed by atoms with Crippen molar-refractivity contribution in [1.82, 2.24) is 10.3 Å². The smallest absolute Gasteiger partial charge is 0.321 e. The zero-order valence-electron chi connectivity index (χ0n) is 9.67. The van der Waals surface area contributed by atoms with Gasteiger partial charge in [-0.1, -0.05) is 0 Å². The number of nitrogens with zero attached hydrogens (tertiary/aromatic N) is 1.